The number of benzene rings is 2. The summed E-state index contributed by atoms with van der Waals surface area (Å²) < 4.78 is 0. The molecule has 0 radical (unpaired) electrons. The number of nitrogens with one attached hydrogen (secondary N) is 1. The van der Waals surface area contributed by atoms with Gasteiger partial charge in [-0.3, -0.25) is 9.69 Å². The van der Waals surface area contributed by atoms with Crippen LogP contribution in [0.1, 0.15) is 39.9 Å². The lowest BCUT2D eigenvalue weighted by Crippen LogP contribution is -2.48. The van der Waals surface area contributed by atoms with Crippen molar-refractivity contribution in [3.63, 3.8) is 0 Å². The number of hydrogen-bond donors (Lipinski definition) is 5. The van der Waals surface area contributed by atoms with Crippen LogP contribution >= 0.6 is 0 Å². The Kier molecular flexibility index (Phi) is 7.67. The molecule has 1 atom stereocenters. The van der Waals surface area contributed by atoms with Crippen molar-refractivity contribution in [1.82, 2.24) is 10.2 Å². The molecule has 2 aromatic rings. The lowest BCUT2D eigenvalue weighted by atomic mass is 9.75. The number of phenols is 1. The second kappa shape index (κ2) is 10.4. The number of aromatic hydroxyl groups is 1. The summed E-state index contributed by atoms with van der Waals surface area (Å²) in [6.45, 7) is 3.12. The number of amides is 1. The maximum absolute atomic E-state index is 12.4. The Bertz CT molecular complexity index is 913. The molecule has 0 unspecified atom stereocenters. The van der Waals surface area contributed by atoms with E-state index in [-0.39, 0.29) is 24.0 Å². The summed E-state index contributed by atoms with van der Waals surface area (Å²) in [4.78, 5) is 26.0. The van der Waals surface area contributed by atoms with Gasteiger partial charge >= 0.3 is 13.1 Å². The van der Waals surface area contributed by atoms with Gasteiger partial charge in [0.1, 0.15) is 11.3 Å². The Morgan fingerprint density at radius 1 is 1.03 bits per heavy atom. The van der Waals surface area contributed by atoms with Crippen LogP contribution in [-0.4, -0.2) is 63.2 Å². The molecule has 1 saturated heterocycles. The highest BCUT2D eigenvalue weighted by Crippen LogP contribution is 2.24. The molecule has 5 N–H and O–H groups in total. The summed E-state index contributed by atoms with van der Waals surface area (Å²) in [6.07, 6.45) is 2.39. The molecule has 0 saturated carbocycles. The van der Waals surface area contributed by atoms with Crippen molar-refractivity contribution in [2.75, 3.05) is 13.1 Å². The normalized spacial score (nSPS) is 14.9. The second-order valence-electron chi connectivity index (χ2n) is 7.89. The highest BCUT2D eigenvalue weighted by Gasteiger charge is 2.27. The quantitative estimate of drug-likeness (QED) is 0.378. The topological polar surface area (TPSA) is 130 Å². The standard InChI is InChI=1S/C22H27BN2O6/c26-20(12-15-6-8-16(9-7-15)14-25-10-1-2-11-25)24-19(23(30)31)13-17-4-3-5-18(21(17)27)22(28)29/h3-9,19,27,30-31H,1-2,10-14H2,(H,24,26)(H,28,29)/t19-/m0/s1. The Labute approximate surface area is 181 Å². The van der Waals surface area contributed by atoms with E-state index in [0.29, 0.717) is 0 Å². The van der Waals surface area contributed by atoms with E-state index in [9.17, 15) is 24.7 Å². The number of para-hydroxylation sites is 1. The minimum atomic E-state index is -1.88. The molecule has 2 aromatic carbocycles. The fraction of sp³-hybridized carbons (Fsp3) is 0.364. The molecule has 1 aliphatic rings. The number of carbonyl (C=O) groups is 2. The van der Waals surface area contributed by atoms with Gasteiger partial charge in [0, 0.05) is 6.54 Å². The average molecular weight is 426 g/mol. The predicted octanol–water partition coefficient (Wildman–Crippen LogP) is 0.968. The molecule has 31 heavy (non-hydrogen) atoms. The molecule has 8 nitrogen and oxygen atoms in total. The van der Waals surface area contributed by atoms with Gasteiger partial charge in [0.15, 0.2) is 0 Å². The summed E-state index contributed by atoms with van der Waals surface area (Å²) in [7, 11) is -1.88. The minimum Gasteiger partial charge on any atom is -0.507 e. The number of carboxylic acids is 1. The Morgan fingerprint density at radius 2 is 1.68 bits per heavy atom. The van der Waals surface area contributed by atoms with Crippen molar-refractivity contribution in [2.45, 2.75) is 38.2 Å². The average Bonchev–Trinajstić information content (AvgIpc) is 3.23. The lowest BCUT2D eigenvalue weighted by molar-refractivity contribution is -0.120. The van der Waals surface area contributed by atoms with Crippen molar-refractivity contribution in [2.24, 2.45) is 0 Å². The van der Waals surface area contributed by atoms with E-state index in [4.69, 9.17) is 5.11 Å². The highest BCUT2D eigenvalue weighted by molar-refractivity contribution is 6.43. The molecule has 9 heteroatoms. The van der Waals surface area contributed by atoms with Crippen molar-refractivity contribution >= 4 is 19.0 Å². The van der Waals surface area contributed by atoms with E-state index in [1.54, 1.807) is 0 Å². The van der Waals surface area contributed by atoms with Crippen LogP contribution in [0.4, 0.5) is 0 Å². The number of aromatic carboxylic acids is 1. The van der Waals surface area contributed by atoms with Crippen LogP contribution in [0.5, 0.6) is 5.75 Å². The van der Waals surface area contributed by atoms with E-state index in [1.807, 2.05) is 24.3 Å². The molecule has 1 amide bonds. The number of nitrogens with zero attached hydrogens (tertiary/aromatic N) is 1. The fourth-order valence-corrected chi connectivity index (χ4v) is 3.80. The summed E-state index contributed by atoms with van der Waals surface area (Å²) in [6, 6.07) is 11.9. The van der Waals surface area contributed by atoms with Crippen LogP contribution in [0.3, 0.4) is 0 Å². The summed E-state index contributed by atoms with van der Waals surface area (Å²) in [5.74, 6) is -3.25. The van der Waals surface area contributed by atoms with Gasteiger partial charge in [-0.2, -0.15) is 0 Å². The first-order valence-electron chi connectivity index (χ1n) is 10.3. The number of hydrogen-bond acceptors (Lipinski definition) is 6. The molecule has 0 bridgehead atoms. The SMILES string of the molecule is O=C(Cc1ccc(CN2CCCC2)cc1)N[C@@H](Cc1cccc(C(=O)O)c1O)B(O)O. The summed E-state index contributed by atoms with van der Waals surface area (Å²) >= 11 is 0. The predicted molar refractivity (Wildman–Crippen MR) is 116 cm³/mol. The molecule has 164 valence electrons. The number of likely N-dealkylation sites (tertiary alicyclic amines) is 1. The van der Waals surface area contributed by atoms with Gasteiger partial charge in [-0.15, -0.1) is 0 Å². The van der Waals surface area contributed by atoms with E-state index in [0.717, 1.165) is 25.2 Å². The summed E-state index contributed by atoms with van der Waals surface area (Å²) in [5, 5.41) is 41.1. The molecule has 0 aromatic heterocycles. The molecule has 0 aliphatic carbocycles. The van der Waals surface area contributed by atoms with Gasteiger partial charge in [0.25, 0.3) is 0 Å². The van der Waals surface area contributed by atoms with E-state index >= 15 is 0 Å². The van der Waals surface area contributed by atoms with Crippen molar-refractivity contribution in [3.8, 4) is 5.75 Å². The zero-order chi connectivity index (χ0) is 22.4. The summed E-state index contributed by atoms with van der Waals surface area (Å²) in [5.41, 5.74) is 1.89. The van der Waals surface area contributed by atoms with Gasteiger partial charge < -0.3 is 25.6 Å². The van der Waals surface area contributed by atoms with Gasteiger partial charge in [0.2, 0.25) is 5.91 Å². The van der Waals surface area contributed by atoms with Crippen molar-refractivity contribution < 1.29 is 29.9 Å². The van der Waals surface area contributed by atoms with E-state index in [2.05, 4.69) is 10.2 Å². The van der Waals surface area contributed by atoms with Crippen molar-refractivity contribution in [3.05, 3.63) is 64.7 Å². The molecule has 3 rings (SSSR count). The first-order valence-corrected chi connectivity index (χ1v) is 10.3. The Hall–Kier alpha value is -2.88. The number of rotatable bonds is 9. The fourth-order valence-electron chi connectivity index (χ4n) is 3.80. The number of carboxylic acid groups (broad SMARTS) is 1. The highest BCUT2D eigenvalue weighted by atomic mass is 16.4. The maximum Gasteiger partial charge on any atom is 0.475 e. The largest absolute Gasteiger partial charge is 0.507 e. The Balaban J connectivity index is 1.59. The third-order valence-corrected chi connectivity index (χ3v) is 5.49. The smallest absolute Gasteiger partial charge is 0.475 e. The lowest BCUT2D eigenvalue weighted by Gasteiger charge is -2.19. The van der Waals surface area contributed by atoms with Crippen molar-refractivity contribution in [1.29, 1.82) is 0 Å². The van der Waals surface area contributed by atoms with Crippen LogP contribution in [0, 0.1) is 0 Å². The first-order chi connectivity index (χ1) is 14.8. The van der Waals surface area contributed by atoms with Crippen LogP contribution < -0.4 is 5.32 Å². The van der Waals surface area contributed by atoms with Gasteiger partial charge in [0.05, 0.1) is 12.4 Å². The third-order valence-electron chi connectivity index (χ3n) is 5.49. The van der Waals surface area contributed by atoms with E-state index in [1.165, 1.54) is 36.6 Å². The maximum atomic E-state index is 12.4. The molecular formula is C22H27BN2O6. The molecule has 1 heterocycles. The third kappa shape index (κ3) is 6.30. The second-order valence-corrected chi connectivity index (χ2v) is 7.89. The molecule has 1 fully saturated rings. The van der Waals surface area contributed by atoms with Gasteiger partial charge in [-0.05, 0) is 55.1 Å². The van der Waals surface area contributed by atoms with Crippen LogP contribution in [0.2, 0.25) is 0 Å². The number of carbonyl (C=O) groups excluding carboxylic acids is 1. The molecule has 1 aliphatic heterocycles. The van der Waals surface area contributed by atoms with Gasteiger partial charge in [-0.25, -0.2) is 4.79 Å². The zero-order valence-electron chi connectivity index (χ0n) is 17.2. The first kappa shape index (κ1) is 22.8. The monoisotopic (exact) mass is 426 g/mol. The van der Waals surface area contributed by atoms with Gasteiger partial charge in [-0.1, -0.05) is 36.4 Å². The van der Waals surface area contributed by atoms with Crippen LogP contribution in [0.15, 0.2) is 42.5 Å². The van der Waals surface area contributed by atoms with Crippen LogP contribution in [-0.2, 0) is 24.2 Å². The molecular weight excluding hydrogens is 399 g/mol. The Morgan fingerprint density at radius 3 is 2.29 bits per heavy atom. The zero-order valence-corrected chi connectivity index (χ0v) is 17.2. The molecule has 0 spiro atoms. The van der Waals surface area contributed by atoms with Crippen LogP contribution in [0.25, 0.3) is 0 Å². The minimum absolute atomic E-state index is 0.0639. The van der Waals surface area contributed by atoms with E-state index < -0.39 is 30.7 Å².